The highest BCUT2D eigenvalue weighted by atomic mass is 16.5. The summed E-state index contributed by atoms with van der Waals surface area (Å²) >= 11 is 0. The Balaban J connectivity index is 2.48. The Kier molecular flexibility index (Phi) is 3.21. The lowest BCUT2D eigenvalue weighted by atomic mass is 10.1. The number of hydrogen-bond acceptors (Lipinski definition) is 5. The summed E-state index contributed by atoms with van der Waals surface area (Å²) < 4.78 is 6.12. The van der Waals surface area contributed by atoms with Crippen molar-refractivity contribution in [1.82, 2.24) is 9.55 Å². The van der Waals surface area contributed by atoms with Crippen LogP contribution in [-0.2, 0) is 4.74 Å². The van der Waals surface area contributed by atoms with E-state index in [1.165, 1.54) is 0 Å². The Bertz CT molecular complexity index is 614. The molecule has 0 spiro atoms. The lowest BCUT2D eigenvalue weighted by molar-refractivity contribution is -0.0485. The maximum absolute atomic E-state index is 11.5. The van der Waals surface area contributed by atoms with E-state index in [1.54, 1.807) is 0 Å². The second kappa shape index (κ2) is 4.67. The van der Waals surface area contributed by atoms with E-state index in [0.29, 0.717) is 0 Å². The van der Waals surface area contributed by atoms with Crippen LogP contribution in [0.5, 0.6) is 0 Å². The van der Waals surface area contributed by atoms with Crippen LogP contribution < -0.4 is 11.2 Å². The lowest BCUT2D eigenvalue weighted by Gasteiger charge is -2.10. The normalized spacial score (nSPS) is 27.2. The number of aromatic nitrogens is 2. The van der Waals surface area contributed by atoms with Gasteiger partial charge in [0.05, 0.1) is 6.61 Å². The number of ether oxygens (including phenoxy) is 1. The van der Waals surface area contributed by atoms with Crippen molar-refractivity contribution in [2.24, 2.45) is 0 Å². The Labute approximate surface area is 99.5 Å². The third kappa shape index (κ3) is 1.91. The molecule has 0 aliphatic carbocycles. The molecule has 9 heteroatoms. The van der Waals surface area contributed by atoms with Crippen LogP contribution in [0.15, 0.2) is 21.9 Å². The molecule has 1 aliphatic heterocycles. The van der Waals surface area contributed by atoms with Crippen molar-refractivity contribution in [3.05, 3.63) is 38.6 Å². The molecular weight excluding hydrogens is 244 g/mol. The molecule has 0 radical (unpaired) electrons. The van der Waals surface area contributed by atoms with Gasteiger partial charge in [0.15, 0.2) is 6.10 Å². The van der Waals surface area contributed by atoms with E-state index in [0.717, 1.165) is 16.8 Å². The van der Waals surface area contributed by atoms with Crippen LogP contribution in [0.1, 0.15) is 6.23 Å². The number of nitrogens with one attached hydrogen (secondary N) is 1. The highest BCUT2D eigenvalue weighted by molar-refractivity contribution is 5.88. The summed E-state index contributed by atoms with van der Waals surface area (Å²) in [7, 11) is 0. The fourth-order valence-electron chi connectivity index (χ4n) is 1.72. The Hall–Kier alpha value is -2.06. The van der Waals surface area contributed by atoms with Gasteiger partial charge < -0.3 is 20.5 Å². The van der Waals surface area contributed by atoms with Gasteiger partial charge in [-0.15, -0.1) is 0 Å². The van der Waals surface area contributed by atoms with Gasteiger partial charge in [0, 0.05) is 12.3 Å². The Morgan fingerprint density at radius 3 is 2.83 bits per heavy atom. The van der Waals surface area contributed by atoms with Gasteiger partial charge in [0.2, 0.25) is 6.23 Å². The third-order valence-electron chi connectivity index (χ3n) is 2.61. The highest BCUT2D eigenvalue weighted by Crippen LogP contribution is 2.23. The van der Waals surface area contributed by atoms with Crippen LogP contribution in [0, 0.1) is 0 Å². The summed E-state index contributed by atoms with van der Waals surface area (Å²) in [5.41, 5.74) is 7.22. The average molecular weight is 254 g/mol. The molecule has 2 heterocycles. The molecule has 2 rings (SSSR count). The zero-order chi connectivity index (χ0) is 13.3. The minimum Gasteiger partial charge on any atom is -0.394 e. The number of aliphatic hydroxyl groups excluding tert-OH is 2. The van der Waals surface area contributed by atoms with Gasteiger partial charge in [-0.25, -0.2) is 4.79 Å². The SMILES string of the molecule is [N-]=[N+]=C1[C@H](n2ccc(=O)[nH]c2=O)O[C@H](CO)[C@H]1O. The van der Waals surface area contributed by atoms with E-state index in [9.17, 15) is 14.7 Å². The van der Waals surface area contributed by atoms with Crippen LogP contribution in [-0.4, -0.2) is 49.1 Å². The number of rotatable bonds is 2. The van der Waals surface area contributed by atoms with Gasteiger partial charge in [0.1, 0.15) is 6.10 Å². The molecule has 0 aromatic carbocycles. The zero-order valence-corrected chi connectivity index (χ0v) is 9.05. The van der Waals surface area contributed by atoms with Gasteiger partial charge in [0.25, 0.3) is 5.56 Å². The van der Waals surface area contributed by atoms with E-state index in [1.807, 2.05) is 4.98 Å². The molecule has 3 N–H and O–H groups in total. The topological polar surface area (TPSA) is 141 Å². The molecule has 0 unspecified atom stereocenters. The first-order chi connectivity index (χ1) is 8.58. The van der Waals surface area contributed by atoms with Crippen LogP contribution in [0.25, 0.3) is 5.53 Å². The Morgan fingerprint density at radius 2 is 2.28 bits per heavy atom. The average Bonchev–Trinajstić information content (AvgIpc) is 2.65. The number of nitrogens with zero attached hydrogens (tertiary/aromatic N) is 3. The summed E-state index contributed by atoms with van der Waals surface area (Å²) in [5.74, 6) is 0. The molecule has 1 saturated heterocycles. The van der Waals surface area contributed by atoms with Crippen LogP contribution in [0.3, 0.4) is 0 Å². The molecule has 1 fully saturated rings. The quantitative estimate of drug-likeness (QED) is 0.394. The first-order valence-corrected chi connectivity index (χ1v) is 5.06. The van der Waals surface area contributed by atoms with E-state index in [2.05, 4.69) is 4.79 Å². The fraction of sp³-hybridized carbons (Fsp3) is 0.444. The number of aliphatic hydroxyl groups is 2. The number of aromatic amines is 1. The molecule has 9 nitrogen and oxygen atoms in total. The summed E-state index contributed by atoms with van der Waals surface area (Å²) in [5, 5.41) is 18.6. The van der Waals surface area contributed by atoms with Crippen molar-refractivity contribution < 1.29 is 19.7 Å². The summed E-state index contributed by atoms with van der Waals surface area (Å²) in [6.07, 6.45) is -2.36. The predicted octanol–water partition coefficient (Wildman–Crippen LogP) is -2.54. The van der Waals surface area contributed by atoms with E-state index < -0.39 is 36.3 Å². The minimum absolute atomic E-state index is 0.219. The summed E-state index contributed by atoms with van der Waals surface area (Å²) in [6, 6.07) is 1.08. The number of H-pyrrole nitrogens is 1. The summed E-state index contributed by atoms with van der Waals surface area (Å²) in [4.78, 5) is 27.3. The van der Waals surface area contributed by atoms with Crippen molar-refractivity contribution in [3.63, 3.8) is 0 Å². The monoisotopic (exact) mass is 254 g/mol. The number of hydrogen-bond donors (Lipinski definition) is 3. The zero-order valence-electron chi connectivity index (χ0n) is 9.05. The predicted molar refractivity (Wildman–Crippen MR) is 57.0 cm³/mol. The smallest absolute Gasteiger partial charge is 0.349 e. The van der Waals surface area contributed by atoms with E-state index in [4.69, 9.17) is 15.4 Å². The van der Waals surface area contributed by atoms with E-state index >= 15 is 0 Å². The molecule has 18 heavy (non-hydrogen) atoms. The molecule has 0 saturated carbocycles. The van der Waals surface area contributed by atoms with Gasteiger partial charge in [-0.05, 0) is 0 Å². The molecule has 96 valence electrons. The highest BCUT2D eigenvalue weighted by Gasteiger charge is 2.48. The lowest BCUT2D eigenvalue weighted by Crippen LogP contribution is -2.35. The van der Waals surface area contributed by atoms with Crippen molar-refractivity contribution in [1.29, 1.82) is 0 Å². The summed E-state index contributed by atoms with van der Waals surface area (Å²) in [6.45, 7) is -0.505. The second-order valence-electron chi connectivity index (χ2n) is 3.70. The van der Waals surface area contributed by atoms with Crippen molar-refractivity contribution in [2.45, 2.75) is 18.4 Å². The molecule has 1 aromatic heterocycles. The fourth-order valence-corrected chi connectivity index (χ4v) is 1.72. The van der Waals surface area contributed by atoms with Crippen molar-refractivity contribution in [3.8, 4) is 0 Å². The molecule has 0 amide bonds. The maximum Gasteiger partial charge on any atom is 0.349 e. The van der Waals surface area contributed by atoms with Crippen molar-refractivity contribution in [2.75, 3.05) is 6.61 Å². The molecular formula is C9H10N4O5. The van der Waals surface area contributed by atoms with E-state index in [-0.39, 0.29) is 5.71 Å². The molecule has 1 aromatic rings. The van der Waals surface area contributed by atoms with Gasteiger partial charge >= 0.3 is 11.4 Å². The first kappa shape index (κ1) is 12.4. The Morgan fingerprint density at radius 1 is 1.56 bits per heavy atom. The molecule has 3 atom stereocenters. The third-order valence-corrected chi connectivity index (χ3v) is 2.61. The largest absolute Gasteiger partial charge is 0.394 e. The molecule has 0 bridgehead atoms. The first-order valence-electron chi connectivity index (χ1n) is 5.06. The van der Waals surface area contributed by atoms with Crippen LogP contribution in [0.2, 0.25) is 0 Å². The van der Waals surface area contributed by atoms with Gasteiger partial charge in [-0.3, -0.25) is 14.3 Å². The van der Waals surface area contributed by atoms with Gasteiger partial charge in [-0.2, -0.15) is 4.79 Å². The molecule has 1 aliphatic rings. The van der Waals surface area contributed by atoms with Crippen LogP contribution >= 0.6 is 0 Å². The van der Waals surface area contributed by atoms with Gasteiger partial charge in [-0.1, -0.05) is 0 Å². The standard InChI is InChI=1S/C9H10N4O5/c10-12-6-7(16)4(3-14)18-8(6)13-2-1-5(15)11-9(13)17/h1-2,4,7-8,14,16H,3H2,(H,11,15,17)/t4-,7-,8-/m1/s1. The van der Waals surface area contributed by atoms with Crippen molar-refractivity contribution >= 4 is 5.71 Å². The van der Waals surface area contributed by atoms with Crippen LogP contribution in [0.4, 0.5) is 0 Å². The second-order valence-corrected chi connectivity index (χ2v) is 3.70. The minimum atomic E-state index is -1.33. The maximum atomic E-state index is 11.5.